The van der Waals surface area contributed by atoms with Crippen molar-refractivity contribution < 1.29 is 18.4 Å². The number of anilines is 1. The van der Waals surface area contributed by atoms with Crippen molar-refractivity contribution in [1.82, 2.24) is 5.32 Å². The quantitative estimate of drug-likeness (QED) is 0.266. The molecule has 2 amide bonds. The van der Waals surface area contributed by atoms with Crippen LogP contribution in [0.3, 0.4) is 0 Å². The second-order valence-electron chi connectivity index (χ2n) is 5.83. The highest BCUT2D eigenvalue weighted by atomic mass is 35.5. The van der Waals surface area contributed by atoms with Gasteiger partial charge in [-0.25, -0.2) is 14.6 Å². The summed E-state index contributed by atoms with van der Waals surface area (Å²) in [6, 6.07) is 7.33. The molecule has 0 aliphatic carbocycles. The lowest BCUT2D eigenvalue weighted by Crippen LogP contribution is -2.34. The van der Waals surface area contributed by atoms with Crippen LogP contribution in [-0.4, -0.2) is 18.4 Å². The van der Waals surface area contributed by atoms with Crippen LogP contribution in [0.15, 0.2) is 54.6 Å². The average molecular weight is 441 g/mol. The maximum atomic E-state index is 13.9. The first-order valence-electron chi connectivity index (χ1n) is 8.02. The summed E-state index contributed by atoms with van der Waals surface area (Å²) in [7, 11) is 0. The highest BCUT2D eigenvalue weighted by Gasteiger charge is 2.16. The number of rotatable bonds is 7. The van der Waals surface area contributed by atoms with E-state index in [0.29, 0.717) is 0 Å². The number of nitrogens with one attached hydrogen (secondary N) is 1. The molecule has 0 bridgehead atoms. The molecule has 0 spiro atoms. The van der Waals surface area contributed by atoms with Gasteiger partial charge in [-0.2, -0.15) is 0 Å². The van der Waals surface area contributed by atoms with E-state index < -0.39 is 30.0 Å². The third-order valence-corrected chi connectivity index (χ3v) is 4.13. The number of nitrogens with zero attached hydrogens (tertiary/aromatic N) is 1. The van der Waals surface area contributed by atoms with Crippen molar-refractivity contribution in [3.05, 3.63) is 81.9 Å². The lowest BCUT2D eigenvalue weighted by Gasteiger charge is -2.23. The van der Waals surface area contributed by atoms with Gasteiger partial charge in [0, 0.05) is 16.2 Å². The van der Waals surface area contributed by atoms with Crippen molar-refractivity contribution >= 4 is 46.4 Å². The predicted molar refractivity (Wildman–Crippen MR) is 109 cm³/mol. The van der Waals surface area contributed by atoms with E-state index in [2.05, 4.69) is 11.9 Å². The first-order valence-corrected chi connectivity index (χ1v) is 8.77. The highest BCUT2D eigenvalue weighted by Crippen LogP contribution is 2.29. The van der Waals surface area contributed by atoms with Crippen LogP contribution in [0.25, 0.3) is 5.70 Å². The van der Waals surface area contributed by atoms with Gasteiger partial charge in [-0.1, -0.05) is 29.8 Å². The number of primary amides is 1. The zero-order valence-electron chi connectivity index (χ0n) is 14.9. The van der Waals surface area contributed by atoms with Gasteiger partial charge >= 0.3 is 0 Å². The molecule has 0 aliphatic rings. The van der Waals surface area contributed by atoms with E-state index in [0.717, 1.165) is 23.2 Å². The molecular weight excluding hydrogens is 425 g/mol. The Morgan fingerprint density at radius 3 is 2.45 bits per heavy atom. The smallest absolute Gasteiger partial charge is 0.251 e. The summed E-state index contributed by atoms with van der Waals surface area (Å²) in [4.78, 5) is 22.9. The summed E-state index contributed by atoms with van der Waals surface area (Å²) < 4.78 is 27.4. The molecule has 0 aromatic heterocycles. The highest BCUT2D eigenvalue weighted by molar-refractivity contribution is 6.31. The van der Waals surface area contributed by atoms with Crippen LogP contribution < -0.4 is 21.9 Å². The van der Waals surface area contributed by atoms with Crippen LogP contribution in [0.1, 0.15) is 5.56 Å². The summed E-state index contributed by atoms with van der Waals surface area (Å²) >= 11 is 11.7. The zero-order chi connectivity index (χ0) is 21.7. The molecule has 2 aromatic rings. The summed E-state index contributed by atoms with van der Waals surface area (Å²) in [5, 5.41) is 3.22. The van der Waals surface area contributed by atoms with Crippen LogP contribution in [0.5, 0.6) is 0 Å². The molecule has 0 saturated heterocycles. The Kier molecular flexibility index (Phi) is 7.33. The molecule has 0 radical (unpaired) electrons. The monoisotopic (exact) mass is 440 g/mol. The SMILES string of the molecule is C=C(/C=C(/c1cc(F)cc(Cl)c1)N(N)c1ccc(F)c(Cl)c1)C(=O)NCC(N)=O. The first-order chi connectivity index (χ1) is 13.6. The topological polar surface area (TPSA) is 101 Å². The lowest BCUT2D eigenvalue weighted by atomic mass is 10.1. The molecular formula is C19H16Cl2F2N4O2. The second-order valence-corrected chi connectivity index (χ2v) is 6.67. The van der Waals surface area contributed by atoms with Gasteiger partial charge in [-0.15, -0.1) is 0 Å². The van der Waals surface area contributed by atoms with Crippen molar-refractivity contribution in [2.75, 3.05) is 11.6 Å². The van der Waals surface area contributed by atoms with Gasteiger partial charge in [0.1, 0.15) is 11.6 Å². The fourth-order valence-corrected chi connectivity index (χ4v) is 2.68. The number of benzene rings is 2. The number of amides is 2. The Morgan fingerprint density at radius 1 is 1.17 bits per heavy atom. The number of hydrogen-bond acceptors (Lipinski definition) is 4. The minimum atomic E-state index is -0.742. The average Bonchev–Trinajstić information content (AvgIpc) is 2.64. The summed E-state index contributed by atoms with van der Waals surface area (Å²) in [5.41, 5.74) is 5.44. The molecule has 0 fully saturated rings. The van der Waals surface area contributed by atoms with Gasteiger partial charge in [0.2, 0.25) is 5.91 Å². The Morgan fingerprint density at radius 2 is 1.86 bits per heavy atom. The fourth-order valence-electron chi connectivity index (χ4n) is 2.28. The lowest BCUT2D eigenvalue weighted by molar-refractivity contribution is -0.122. The van der Waals surface area contributed by atoms with E-state index in [1.165, 1.54) is 24.3 Å². The second kappa shape index (κ2) is 9.51. The Hall–Kier alpha value is -2.94. The molecule has 29 heavy (non-hydrogen) atoms. The van der Waals surface area contributed by atoms with E-state index in [1.54, 1.807) is 0 Å². The van der Waals surface area contributed by atoms with E-state index in [1.807, 2.05) is 0 Å². The first kappa shape index (κ1) is 22.4. The number of nitrogens with two attached hydrogens (primary N) is 2. The summed E-state index contributed by atoms with van der Waals surface area (Å²) in [6.07, 6.45) is 1.25. The Balaban J connectivity index is 2.50. The minimum absolute atomic E-state index is 0.0835. The standard InChI is InChI=1S/C19H16Cl2F2N4O2/c1-10(19(29)26-9-18(24)28)4-17(11-5-12(20)7-13(22)6-11)27(25)14-2-3-16(23)15(21)8-14/h2-8H,1,9,25H2,(H2,24,28)(H,26,29)/b17-4-. The normalized spacial score (nSPS) is 11.1. The zero-order valence-corrected chi connectivity index (χ0v) is 16.4. The minimum Gasteiger partial charge on any atom is -0.368 e. The van der Waals surface area contributed by atoms with Crippen LogP contribution in [0.4, 0.5) is 14.5 Å². The Bertz CT molecular complexity index is 991. The van der Waals surface area contributed by atoms with E-state index in [-0.39, 0.29) is 32.6 Å². The maximum absolute atomic E-state index is 13.9. The van der Waals surface area contributed by atoms with Crippen LogP contribution in [-0.2, 0) is 9.59 Å². The predicted octanol–water partition coefficient (Wildman–Crippen LogP) is 3.15. The third-order valence-electron chi connectivity index (χ3n) is 3.62. The van der Waals surface area contributed by atoms with Crippen LogP contribution in [0, 0.1) is 11.6 Å². The molecule has 0 saturated carbocycles. The van der Waals surface area contributed by atoms with E-state index in [4.69, 9.17) is 34.8 Å². The van der Waals surface area contributed by atoms with Crippen molar-refractivity contribution in [3.8, 4) is 0 Å². The number of halogens is 4. The van der Waals surface area contributed by atoms with E-state index in [9.17, 15) is 18.4 Å². The largest absolute Gasteiger partial charge is 0.368 e. The van der Waals surface area contributed by atoms with Crippen molar-refractivity contribution in [2.24, 2.45) is 11.6 Å². The number of carbonyl (C=O) groups is 2. The van der Waals surface area contributed by atoms with Gasteiger partial charge in [0.05, 0.1) is 23.0 Å². The van der Waals surface area contributed by atoms with Crippen molar-refractivity contribution in [3.63, 3.8) is 0 Å². The molecule has 10 heteroatoms. The summed E-state index contributed by atoms with van der Waals surface area (Å²) in [6.45, 7) is 3.22. The molecule has 0 aliphatic heterocycles. The fraction of sp³-hybridized carbons (Fsp3) is 0.0526. The summed E-state index contributed by atoms with van der Waals surface area (Å²) in [5.74, 6) is 3.39. The molecule has 152 valence electrons. The maximum Gasteiger partial charge on any atom is 0.251 e. The van der Waals surface area contributed by atoms with Gasteiger partial charge in [-0.05, 0) is 42.5 Å². The van der Waals surface area contributed by atoms with Gasteiger partial charge < -0.3 is 11.1 Å². The molecule has 6 nitrogen and oxygen atoms in total. The molecule has 0 heterocycles. The van der Waals surface area contributed by atoms with Gasteiger partial charge in [0.15, 0.2) is 0 Å². The number of hydrazine groups is 1. The molecule has 5 N–H and O–H groups in total. The van der Waals surface area contributed by atoms with E-state index >= 15 is 0 Å². The number of carbonyl (C=O) groups excluding carboxylic acids is 2. The molecule has 0 unspecified atom stereocenters. The molecule has 0 atom stereocenters. The van der Waals surface area contributed by atoms with Gasteiger partial charge in [-0.3, -0.25) is 14.6 Å². The van der Waals surface area contributed by atoms with Crippen molar-refractivity contribution in [1.29, 1.82) is 0 Å². The third kappa shape index (κ3) is 6.02. The Labute approximate surface area is 175 Å². The molecule has 2 aromatic carbocycles. The van der Waals surface area contributed by atoms with Crippen molar-refractivity contribution in [2.45, 2.75) is 0 Å². The number of hydrogen-bond donors (Lipinski definition) is 3. The van der Waals surface area contributed by atoms with Gasteiger partial charge in [0.25, 0.3) is 5.91 Å². The molecule has 2 rings (SSSR count). The van der Waals surface area contributed by atoms with Crippen LogP contribution in [0.2, 0.25) is 10.0 Å². The van der Waals surface area contributed by atoms with Crippen LogP contribution >= 0.6 is 23.2 Å².